The molecule has 0 unspecified atom stereocenters. The van der Waals surface area contributed by atoms with Crippen molar-refractivity contribution in [3.8, 4) is 0 Å². The molecule has 1 rings (SSSR count). The molecule has 0 aliphatic heterocycles. The smallest absolute Gasteiger partial charge is 0.224 e. The topological polar surface area (TPSA) is 49.4 Å². The summed E-state index contributed by atoms with van der Waals surface area (Å²) in [5, 5.41) is 2.70. The molecule has 0 fully saturated rings. The normalized spacial score (nSPS) is 10.2. The predicted molar refractivity (Wildman–Crippen MR) is 75.7 cm³/mol. The van der Waals surface area contributed by atoms with Crippen molar-refractivity contribution in [2.75, 3.05) is 19.6 Å². The molecule has 0 aliphatic carbocycles. The van der Waals surface area contributed by atoms with E-state index in [0.29, 0.717) is 25.2 Å². The van der Waals surface area contributed by atoms with E-state index in [1.54, 1.807) is 23.1 Å². The van der Waals surface area contributed by atoms with Crippen molar-refractivity contribution in [2.24, 2.45) is 0 Å². The molecule has 4 nitrogen and oxygen atoms in total. The summed E-state index contributed by atoms with van der Waals surface area (Å²) in [7, 11) is 0. The molecule has 0 aliphatic rings. The van der Waals surface area contributed by atoms with Gasteiger partial charge in [0, 0.05) is 26.6 Å². The lowest BCUT2D eigenvalue weighted by molar-refractivity contribution is -0.129. The van der Waals surface area contributed by atoms with Gasteiger partial charge < -0.3 is 10.2 Å². The van der Waals surface area contributed by atoms with Crippen molar-refractivity contribution in [3.63, 3.8) is 0 Å². The lowest BCUT2D eigenvalue weighted by atomic mass is 10.1. The second kappa shape index (κ2) is 8.30. The number of halogens is 1. The Morgan fingerprint density at radius 1 is 1.25 bits per heavy atom. The summed E-state index contributed by atoms with van der Waals surface area (Å²) < 4.78 is 13.4. The van der Waals surface area contributed by atoms with Gasteiger partial charge in [-0.05, 0) is 18.1 Å². The summed E-state index contributed by atoms with van der Waals surface area (Å²) in [5.74, 6) is -0.621. The third kappa shape index (κ3) is 5.38. The molecule has 110 valence electrons. The van der Waals surface area contributed by atoms with Gasteiger partial charge in [-0.2, -0.15) is 0 Å². The van der Waals surface area contributed by atoms with Crippen LogP contribution in [0.5, 0.6) is 0 Å². The highest BCUT2D eigenvalue weighted by Crippen LogP contribution is 2.06. The average Bonchev–Trinajstić information content (AvgIpc) is 2.40. The third-order valence-electron chi connectivity index (χ3n) is 2.95. The highest BCUT2D eigenvalue weighted by molar-refractivity contribution is 5.78. The lowest BCUT2D eigenvalue weighted by Crippen LogP contribution is -2.38. The summed E-state index contributed by atoms with van der Waals surface area (Å²) >= 11 is 0. The number of nitrogens with zero attached hydrogens (tertiary/aromatic N) is 1. The second-order valence-electron chi connectivity index (χ2n) is 4.62. The zero-order chi connectivity index (χ0) is 15.0. The average molecular weight is 280 g/mol. The van der Waals surface area contributed by atoms with Crippen molar-refractivity contribution >= 4 is 11.8 Å². The van der Waals surface area contributed by atoms with E-state index in [4.69, 9.17) is 0 Å². The van der Waals surface area contributed by atoms with Crippen molar-refractivity contribution in [1.29, 1.82) is 0 Å². The zero-order valence-corrected chi connectivity index (χ0v) is 12.0. The molecular weight excluding hydrogens is 259 g/mol. The molecule has 1 aromatic carbocycles. The van der Waals surface area contributed by atoms with Crippen molar-refractivity contribution in [2.45, 2.75) is 26.7 Å². The molecule has 0 atom stereocenters. The quantitative estimate of drug-likeness (QED) is 0.827. The highest BCUT2D eigenvalue weighted by Gasteiger charge is 2.09. The van der Waals surface area contributed by atoms with E-state index in [-0.39, 0.29) is 24.1 Å². The molecule has 0 bridgehead atoms. The Morgan fingerprint density at radius 3 is 2.55 bits per heavy atom. The molecule has 0 aromatic heterocycles. The van der Waals surface area contributed by atoms with Crippen LogP contribution in [0, 0.1) is 5.82 Å². The minimum absolute atomic E-state index is 0.00444. The number of carbonyl (C=O) groups excluding carboxylic acids is 2. The minimum atomic E-state index is -0.376. The third-order valence-corrected chi connectivity index (χ3v) is 2.95. The Morgan fingerprint density at radius 2 is 1.95 bits per heavy atom. The van der Waals surface area contributed by atoms with Gasteiger partial charge in [0.25, 0.3) is 0 Å². The number of amides is 2. The first-order valence-electron chi connectivity index (χ1n) is 6.80. The lowest BCUT2D eigenvalue weighted by Gasteiger charge is -2.20. The van der Waals surface area contributed by atoms with Gasteiger partial charge in [0.15, 0.2) is 0 Å². The fraction of sp³-hybridized carbons (Fsp3) is 0.467. The highest BCUT2D eigenvalue weighted by atomic mass is 19.1. The molecular formula is C15H21FN2O2. The number of hydrogen-bond acceptors (Lipinski definition) is 2. The fourth-order valence-corrected chi connectivity index (χ4v) is 1.90. The zero-order valence-electron chi connectivity index (χ0n) is 12.0. The van der Waals surface area contributed by atoms with Crippen LogP contribution < -0.4 is 5.32 Å². The van der Waals surface area contributed by atoms with Crippen molar-refractivity contribution in [1.82, 2.24) is 10.2 Å². The summed E-state index contributed by atoms with van der Waals surface area (Å²) in [6.45, 7) is 5.04. The van der Waals surface area contributed by atoms with E-state index in [0.717, 1.165) is 6.42 Å². The molecule has 0 heterocycles. The molecule has 1 N–H and O–H groups in total. The molecule has 0 radical (unpaired) electrons. The molecule has 20 heavy (non-hydrogen) atoms. The number of nitrogens with one attached hydrogen (secondary N) is 1. The van der Waals surface area contributed by atoms with Crippen molar-refractivity contribution in [3.05, 3.63) is 35.6 Å². The first-order chi connectivity index (χ1) is 9.54. The maximum atomic E-state index is 13.4. The standard InChI is InChI=1S/C15H21FN2O2/c1-3-9-18(12(2)19)10-8-17-15(20)11-13-6-4-5-7-14(13)16/h4-7H,3,8-11H2,1-2H3,(H,17,20). The van der Waals surface area contributed by atoms with Crippen LogP contribution in [-0.2, 0) is 16.0 Å². The van der Waals surface area contributed by atoms with Crippen LogP contribution in [0.2, 0.25) is 0 Å². The largest absolute Gasteiger partial charge is 0.354 e. The van der Waals surface area contributed by atoms with E-state index in [9.17, 15) is 14.0 Å². The van der Waals surface area contributed by atoms with Crippen LogP contribution in [0.15, 0.2) is 24.3 Å². The van der Waals surface area contributed by atoms with Gasteiger partial charge in [0.1, 0.15) is 5.82 Å². The Hall–Kier alpha value is -1.91. The second-order valence-corrected chi connectivity index (χ2v) is 4.62. The minimum Gasteiger partial charge on any atom is -0.354 e. The maximum Gasteiger partial charge on any atom is 0.224 e. The van der Waals surface area contributed by atoms with Crippen LogP contribution >= 0.6 is 0 Å². The number of hydrogen-bond donors (Lipinski definition) is 1. The predicted octanol–water partition coefficient (Wildman–Crippen LogP) is 1.74. The van der Waals surface area contributed by atoms with Gasteiger partial charge in [-0.1, -0.05) is 25.1 Å². The monoisotopic (exact) mass is 280 g/mol. The molecule has 1 aromatic rings. The van der Waals surface area contributed by atoms with Crippen LogP contribution in [0.3, 0.4) is 0 Å². The van der Waals surface area contributed by atoms with Crippen LogP contribution in [0.1, 0.15) is 25.8 Å². The van der Waals surface area contributed by atoms with Gasteiger partial charge in [0.05, 0.1) is 6.42 Å². The van der Waals surface area contributed by atoms with Crippen molar-refractivity contribution < 1.29 is 14.0 Å². The van der Waals surface area contributed by atoms with E-state index < -0.39 is 0 Å². The first-order valence-corrected chi connectivity index (χ1v) is 6.80. The summed E-state index contributed by atoms with van der Waals surface area (Å²) in [6, 6.07) is 6.21. The Balaban J connectivity index is 2.37. The van der Waals surface area contributed by atoms with E-state index in [2.05, 4.69) is 5.32 Å². The Kier molecular flexibility index (Phi) is 6.70. The van der Waals surface area contributed by atoms with Gasteiger partial charge in [-0.3, -0.25) is 9.59 Å². The van der Waals surface area contributed by atoms with E-state index in [1.165, 1.54) is 13.0 Å². The van der Waals surface area contributed by atoms with Crippen LogP contribution in [0.25, 0.3) is 0 Å². The van der Waals surface area contributed by atoms with Gasteiger partial charge >= 0.3 is 0 Å². The van der Waals surface area contributed by atoms with Crippen LogP contribution in [-0.4, -0.2) is 36.3 Å². The SMILES string of the molecule is CCCN(CCNC(=O)Cc1ccccc1F)C(C)=O. The number of benzene rings is 1. The maximum absolute atomic E-state index is 13.4. The summed E-state index contributed by atoms with van der Waals surface area (Å²) in [6.07, 6.45) is 0.892. The first kappa shape index (κ1) is 16.1. The van der Waals surface area contributed by atoms with Gasteiger partial charge in [0.2, 0.25) is 11.8 Å². The fourth-order valence-electron chi connectivity index (χ4n) is 1.90. The number of carbonyl (C=O) groups is 2. The summed E-state index contributed by atoms with van der Waals surface area (Å²) in [4.78, 5) is 24.7. The molecule has 0 saturated heterocycles. The Bertz CT molecular complexity index is 463. The van der Waals surface area contributed by atoms with Crippen LogP contribution in [0.4, 0.5) is 4.39 Å². The number of rotatable bonds is 7. The summed E-state index contributed by atoms with van der Waals surface area (Å²) in [5.41, 5.74) is 0.377. The van der Waals surface area contributed by atoms with Gasteiger partial charge in [-0.25, -0.2) is 4.39 Å². The molecule has 0 saturated carbocycles. The van der Waals surface area contributed by atoms with Gasteiger partial charge in [-0.15, -0.1) is 0 Å². The molecule has 2 amide bonds. The molecule has 5 heteroatoms. The van der Waals surface area contributed by atoms with E-state index >= 15 is 0 Å². The molecule has 0 spiro atoms. The van der Waals surface area contributed by atoms with E-state index in [1.807, 2.05) is 6.92 Å². The Labute approximate surface area is 119 Å².